The van der Waals surface area contributed by atoms with Crippen LogP contribution in [-0.4, -0.2) is 29.1 Å². The van der Waals surface area contributed by atoms with Crippen LogP contribution in [0.25, 0.3) is 0 Å². The number of imide groups is 1. The Hall–Kier alpha value is -2.74. The highest BCUT2D eigenvalue weighted by molar-refractivity contribution is 9.10. The van der Waals surface area contributed by atoms with Crippen molar-refractivity contribution in [1.82, 2.24) is 0 Å². The normalized spacial score (nSPS) is 19.4. The lowest BCUT2D eigenvalue weighted by Gasteiger charge is -2.31. The molecule has 0 spiro atoms. The smallest absolute Gasteiger partial charge is 0.421 e. The fraction of sp³-hybridized carbons (Fsp3) is 0.364. The summed E-state index contributed by atoms with van der Waals surface area (Å²) >= 11 is 3.40. The molecule has 2 atom stereocenters. The quantitative estimate of drug-likeness (QED) is 0.456. The largest absolute Gasteiger partial charge is 0.443 e. The van der Waals surface area contributed by atoms with E-state index in [0.29, 0.717) is 16.8 Å². The Balaban J connectivity index is 2.17. The number of fused-ring (bicyclic) bond motifs is 1. The minimum Gasteiger partial charge on any atom is -0.443 e. The number of nitrogens with zero attached hydrogens (tertiary/aromatic N) is 2. The van der Waals surface area contributed by atoms with Gasteiger partial charge in [-0.1, -0.05) is 46.3 Å². The second-order valence-electron chi connectivity index (χ2n) is 8.46. The van der Waals surface area contributed by atoms with Gasteiger partial charge in [0, 0.05) is 9.40 Å². The van der Waals surface area contributed by atoms with E-state index in [0.717, 1.165) is 9.37 Å². The molecule has 0 fully saturated rings. The number of benzene rings is 2. The van der Waals surface area contributed by atoms with Gasteiger partial charge in [-0.2, -0.15) is 0 Å². The molecule has 2 aromatic rings. The zero-order valence-corrected chi connectivity index (χ0v) is 18.8. The summed E-state index contributed by atoms with van der Waals surface area (Å²) in [6.45, 7) is 6.34. The molecule has 0 saturated heterocycles. The van der Waals surface area contributed by atoms with Crippen molar-refractivity contribution in [3.8, 4) is 0 Å². The van der Waals surface area contributed by atoms with Crippen molar-refractivity contribution >= 4 is 33.6 Å². The summed E-state index contributed by atoms with van der Waals surface area (Å²) in [6, 6.07) is 14.0. The monoisotopic (exact) mass is 474 g/mol. The summed E-state index contributed by atoms with van der Waals surface area (Å²) in [4.78, 5) is 38.7. The van der Waals surface area contributed by atoms with Crippen LogP contribution in [0.4, 0.5) is 10.5 Å². The molecular weight excluding hydrogens is 452 g/mol. The fourth-order valence-corrected chi connectivity index (χ4v) is 4.30. The van der Waals surface area contributed by atoms with Gasteiger partial charge < -0.3 is 4.74 Å². The molecule has 0 saturated carbocycles. The van der Waals surface area contributed by atoms with Crippen molar-refractivity contribution in [3.63, 3.8) is 0 Å². The SMILES string of the molecule is CC(C)(C)OC(=O)N1C(=O)[C@](C)([C@@H](C[N+](=O)[O-])c2cccc(Br)c2)c2ccccc21. The molecule has 8 heteroatoms. The first-order chi connectivity index (χ1) is 13.9. The predicted molar refractivity (Wildman–Crippen MR) is 116 cm³/mol. The van der Waals surface area contributed by atoms with E-state index in [9.17, 15) is 19.7 Å². The van der Waals surface area contributed by atoms with Crippen LogP contribution in [0.2, 0.25) is 0 Å². The molecule has 2 aromatic carbocycles. The van der Waals surface area contributed by atoms with Crippen molar-refractivity contribution in [2.45, 2.75) is 44.6 Å². The Morgan fingerprint density at radius 3 is 2.50 bits per heavy atom. The average Bonchev–Trinajstić information content (AvgIpc) is 2.87. The third-order valence-electron chi connectivity index (χ3n) is 5.21. The molecule has 0 bridgehead atoms. The summed E-state index contributed by atoms with van der Waals surface area (Å²) in [7, 11) is 0. The van der Waals surface area contributed by atoms with E-state index in [1.54, 1.807) is 70.2 Å². The van der Waals surface area contributed by atoms with Gasteiger partial charge in [0.25, 0.3) is 0 Å². The van der Waals surface area contributed by atoms with Gasteiger partial charge in [0.2, 0.25) is 12.5 Å². The Morgan fingerprint density at radius 1 is 1.23 bits per heavy atom. The van der Waals surface area contributed by atoms with Crippen LogP contribution >= 0.6 is 15.9 Å². The number of carbonyl (C=O) groups excluding carboxylic acids is 2. The van der Waals surface area contributed by atoms with Gasteiger partial charge in [0.15, 0.2) is 0 Å². The zero-order chi connectivity index (χ0) is 22.3. The topological polar surface area (TPSA) is 89.8 Å². The molecule has 0 aromatic heterocycles. The summed E-state index contributed by atoms with van der Waals surface area (Å²) < 4.78 is 6.20. The number of hydrogen-bond acceptors (Lipinski definition) is 5. The molecule has 1 aliphatic rings. The van der Waals surface area contributed by atoms with Gasteiger partial charge in [0.1, 0.15) is 5.60 Å². The highest BCUT2D eigenvalue weighted by Crippen LogP contribution is 2.50. The number of para-hydroxylation sites is 1. The van der Waals surface area contributed by atoms with E-state index in [2.05, 4.69) is 15.9 Å². The number of hydrogen-bond donors (Lipinski definition) is 0. The van der Waals surface area contributed by atoms with Gasteiger partial charge in [-0.3, -0.25) is 14.9 Å². The Morgan fingerprint density at radius 2 is 1.90 bits per heavy atom. The van der Waals surface area contributed by atoms with Crippen LogP contribution in [0.1, 0.15) is 44.7 Å². The van der Waals surface area contributed by atoms with Gasteiger partial charge in [-0.15, -0.1) is 0 Å². The van der Waals surface area contributed by atoms with E-state index >= 15 is 0 Å². The lowest BCUT2D eigenvalue weighted by molar-refractivity contribution is -0.484. The number of halogens is 1. The molecule has 1 heterocycles. The van der Waals surface area contributed by atoms with Crippen LogP contribution in [0, 0.1) is 10.1 Å². The van der Waals surface area contributed by atoms with Gasteiger partial charge in [-0.25, -0.2) is 9.69 Å². The van der Waals surface area contributed by atoms with Crippen LogP contribution in [0.15, 0.2) is 53.0 Å². The van der Waals surface area contributed by atoms with Crippen molar-refractivity contribution in [3.05, 3.63) is 74.2 Å². The second-order valence-corrected chi connectivity index (χ2v) is 9.38. The maximum absolute atomic E-state index is 13.7. The summed E-state index contributed by atoms with van der Waals surface area (Å²) in [5.41, 5.74) is -0.523. The first-order valence-corrected chi connectivity index (χ1v) is 10.3. The first-order valence-electron chi connectivity index (χ1n) is 9.49. The molecular formula is C22H23BrN2O5. The molecule has 7 nitrogen and oxygen atoms in total. The molecule has 158 valence electrons. The van der Waals surface area contributed by atoms with Gasteiger partial charge in [0.05, 0.1) is 17.0 Å². The van der Waals surface area contributed by atoms with Crippen molar-refractivity contribution in [2.24, 2.45) is 0 Å². The minimum absolute atomic E-state index is 0.391. The van der Waals surface area contributed by atoms with E-state index in [-0.39, 0.29) is 0 Å². The zero-order valence-electron chi connectivity index (χ0n) is 17.2. The van der Waals surface area contributed by atoms with Crippen molar-refractivity contribution in [1.29, 1.82) is 0 Å². The van der Waals surface area contributed by atoms with Crippen LogP contribution in [0.3, 0.4) is 0 Å². The summed E-state index contributed by atoms with van der Waals surface area (Å²) in [5.74, 6) is -1.32. The highest BCUT2D eigenvalue weighted by atomic mass is 79.9. The minimum atomic E-state index is -1.32. The molecule has 0 aliphatic carbocycles. The Labute approximate surface area is 183 Å². The van der Waals surface area contributed by atoms with Gasteiger partial charge >= 0.3 is 6.09 Å². The Bertz CT molecular complexity index is 1020. The lowest BCUT2D eigenvalue weighted by atomic mass is 9.69. The molecule has 30 heavy (non-hydrogen) atoms. The third kappa shape index (κ3) is 3.96. The second kappa shape index (κ2) is 7.83. The van der Waals surface area contributed by atoms with Gasteiger partial charge in [-0.05, 0) is 57.0 Å². The molecule has 2 amide bonds. The van der Waals surface area contributed by atoms with Crippen LogP contribution in [-0.2, 0) is 14.9 Å². The molecule has 3 rings (SSSR count). The number of rotatable bonds is 4. The van der Waals surface area contributed by atoms with E-state index in [1.165, 1.54) is 0 Å². The standard InChI is InChI=1S/C22H23BrN2O5/c1-21(2,3)30-20(27)25-18-11-6-5-10-16(18)22(4,19(25)26)17(13-24(28)29)14-8-7-9-15(23)12-14/h5-12,17H,13H2,1-4H3/t17-,22-/m0/s1. The maximum Gasteiger partial charge on any atom is 0.421 e. The average molecular weight is 475 g/mol. The number of anilines is 1. The predicted octanol–water partition coefficient (Wildman–Crippen LogP) is 5.05. The Kier molecular flexibility index (Phi) is 5.73. The molecule has 0 unspecified atom stereocenters. The maximum atomic E-state index is 13.7. The van der Waals surface area contributed by atoms with Crippen molar-refractivity contribution in [2.75, 3.05) is 11.4 Å². The number of nitro groups is 1. The van der Waals surface area contributed by atoms with E-state index < -0.39 is 40.4 Å². The van der Waals surface area contributed by atoms with Crippen molar-refractivity contribution < 1.29 is 19.2 Å². The fourth-order valence-electron chi connectivity index (χ4n) is 3.88. The molecule has 1 aliphatic heterocycles. The first kappa shape index (κ1) is 22.0. The number of ether oxygens (including phenoxy) is 1. The lowest BCUT2D eigenvalue weighted by Crippen LogP contribution is -2.47. The van der Waals surface area contributed by atoms with E-state index in [1.807, 2.05) is 6.07 Å². The third-order valence-corrected chi connectivity index (χ3v) is 5.70. The number of amides is 2. The van der Waals surface area contributed by atoms with Crippen LogP contribution in [0.5, 0.6) is 0 Å². The summed E-state index contributed by atoms with van der Waals surface area (Å²) in [6.07, 6.45) is -0.794. The molecule has 0 N–H and O–H groups in total. The summed E-state index contributed by atoms with van der Waals surface area (Å²) in [5, 5.41) is 11.6. The molecule has 0 radical (unpaired) electrons. The number of carbonyl (C=O) groups is 2. The van der Waals surface area contributed by atoms with E-state index in [4.69, 9.17) is 4.74 Å². The highest BCUT2D eigenvalue weighted by Gasteiger charge is 2.56. The van der Waals surface area contributed by atoms with Crippen LogP contribution < -0.4 is 4.90 Å².